The second kappa shape index (κ2) is 9.21. The molecule has 9 heteroatoms. The first-order chi connectivity index (χ1) is 15.3. The third kappa shape index (κ3) is 4.66. The van der Waals surface area contributed by atoms with Crippen molar-refractivity contribution in [2.24, 2.45) is 0 Å². The Morgan fingerprint density at radius 1 is 1.03 bits per heavy atom. The molecule has 0 radical (unpaired) electrons. The van der Waals surface area contributed by atoms with E-state index < -0.39 is 0 Å². The zero-order chi connectivity index (χ0) is 21.0. The van der Waals surface area contributed by atoms with Gasteiger partial charge in [0, 0.05) is 22.8 Å². The zero-order valence-corrected chi connectivity index (χ0v) is 18.2. The van der Waals surface area contributed by atoms with E-state index in [4.69, 9.17) is 20.9 Å². The number of nitrogens with zero attached hydrogens (tertiary/aromatic N) is 5. The summed E-state index contributed by atoms with van der Waals surface area (Å²) in [5.74, 6) is 2.43. The molecule has 1 atom stereocenters. The minimum Gasteiger partial charge on any atom is -0.376 e. The minimum atomic E-state index is 0.162. The quantitative estimate of drug-likeness (QED) is 0.359. The van der Waals surface area contributed by atoms with Gasteiger partial charge < -0.3 is 9.26 Å². The average Bonchev–Trinajstić information content (AvgIpc) is 3.56. The van der Waals surface area contributed by atoms with E-state index in [0.717, 1.165) is 41.6 Å². The van der Waals surface area contributed by atoms with Gasteiger partial charge in [-0.25, -0.2) is 0 Å². The van der Waals surface area contributed by atoms with Gasteiger partial charge in [-0.3, -0.25) is 4.57 Å². The number of hydrogen-bond donors (Lipinski definition) is 0. The Kier molecular flexibility index (Phi) is 6.01. The molecule has 0 amide bonds. The van der Waals surface area contributed by atoms with E-state index in [9.17, 15) is 0 Å². The number of ether oxygens (including phenoxy) is 1. The van der Waals surface area contributed by atoms with E-state index in [1.165, 1.54) is 11.8 Å². The van der Waals surface area contributed by atoms with Crippen LogP contribution in [0.1, 0.15) is 18.7 Å². The molecule has 0 spiro atoms. The lowest BCUT2D eigenvalue weighted by molar-refractivity contribution is 0.0953. The third-order valence-corrected chi connectivity index (χ3v) is 6.26. The van der Waals surface area contributed by atoms with Gasteiger partial charge in [0.1, 0.15) is 0 Å². The van der Waals surface area contributed by atoms with Crippen LogP contribution in [-0.2, 0) is 17.0 Å². The molecule has 0 N–H and O–H groups in total. The van der Waals surface area contributed by atoms with Gasteiger partial charge in [-0.1, -0.05) is 58.9 Å². The van der Waals surface area contributed by atoms with Crippen molar-refractivity contribution < 1.29 is 9.26 Å². The summed E-state index contributed by atoms with van der Waals surface area (Å²) >= 11 is 7.58. The Balaban J connectivity index is 1.37. The first kappa shape index (κ1) is 20.2. The van der Waals surface area contributed by atoms with Gasteiger partial charge in [-0.2, -0.15) is 4.98 Å². The monoisotopic (exact) mass is 453 g/mol. The molecule has 0 unspecified atom stereocenters. The Bertz CT molecular complexity index is 1140. The van der Waals surface area contributed by atoms with Crippen molar-refractivity contribution in [2.45, 2.75) is 36.4 Å². The number of aromatic nitrogens is 5. The molecule has 158 valence electrons. The molecule has 0 aliphatic carbocycles. The molecule has 1 fully saturated rings. The smallest absolute Gasteiger partial charge is 0.237 e. The lowest BCUT2D eigenvalue weighted by Crippen LogP contribution is -2.16. The molecule has 7 nitrogen and oxygen atoms in total. The molecule has 0 bridgehead atoms. The topological polar surface area (TPSA) is 78.9 Å². The Morgan fingerprint density at radius 3 is 2.65 bits per heavy atom. The van der Waals surface area contributed by atoms with E-state index in [-0.39, 0.29) is 6.10 Å². The summed E-state index contributed by atoms with van der Waals surface area (Å²) in [4.78, 5) is 4.51. The predicted molar refractivity (Wildman–Crippen MR) is 119 cm³/mol. The van der Waals surface area contributed by atoms with Crippen molar-refractivity contribution in [3.8, 4) is 22.8 Å². The van der Waals surface area contributed by atoms with Crippen LogP contribution in [0.25, 0.3) is 22.8 Å². The summed E-state index contributed by atoms with van der Waals surface area (Å²) in [6, 6.07) is 17.4. The fraction of sp³-hybridized carbons (Fsp3) is 0.273. The molecule has 3 heterocycles. The van der Waals surface area contributed by atoms with E-state index >= 15 is 0 Å². The van der Waals surface area contributed by atoms with Crippen LogP contribution in [0.5, 0.6) is 0 Å². The number of rotatable bonds is 7. The van der Waals surface area contributed by atoms with Crippen LogP contribution in [0.2, 0.25) is 5.02 Å². The highest BCUT2D eigenvalue weighted by Gasteiger charge is 2.22. The number of benzene rings is 2. The normalized spacial score (nSPS) is 16.1. The molecular formula is C22H20ClN5O2S. The zero-order valence-electron chi connectivity index (χ0n) is 16.6. The van der Waals surface area contributed by atoms with Crippen molar-refractivity contribution in [3.05, 3.63) is 65.5 Å². The van der Waals surface area contributed by atoms with Crippen LogP contribution in [0.4, 0.5) is 0 Å². The average molecular weight is 454 g/mol. The lowest BCUT2D eigenvalue weighted by atomic mass is 10.2. The van der Waals surface area contributed by atoms with Crippen molar-refractivity contribution in [1.29, 1.82) is 0 Å². The molecular weight excluding hydrogens is 434 g/mol. The molecule has 31 heavy (non-hydrogen) atoms. The molecule has 2 aromatic heterocycles. The molecule has 1 saturated heterocycles. The van der Waals surface area contributed by atoms with Crippen LogP contribution in [0.3, 0.4) is 0 Å². The maximum atomic E-state index is 6.06. The summed E-state index contributed by atoms with van der Waals surface area (Å²) in [5, 5.41) is 14.5. The summed E-state index contributed by atoms with van der Waals surface area (Å²) < 4.78 is 13.4. The first-order valence-electron chi connectivity index (χ1n) is 10.1. The maximum absolute atomic E-state index is 6.06. The highest BCUT2D eigenvalue weighted by molar-refractivity contribution is 7.98. The lowest BCUT2D eigenvalue weighted by Gasteiger charge is -2.14. The molecule has 5 rings (SSSR count). The number of thioether (sulfide) groups is 1. The van der Waals surface area contributed by atoms with E-state index in [2.05, 4.69) is 24.9 Å². The number of hydrogen-bond acceptors (Lipinski definition) is 7. The van der Waals surface area contributed by atoms with Crippen LogP contribution < -0.4 is 0 Å². The van der Waals surface area contributed by atoms with E-state index in [0.29, 0.717) is 29.0 Å². The SMILES string of the molecule is Clc1ccc(-c2nnc(SCc3nc(-c4ccccc4)no3)n2C[C@H]2CCCO2)cc1. The summed E-state index contributed by atoms with van der Waals surface area (Å²) in [6.07, 6.45) is 2.27. The molecule has 4 aromatic rings. The predicted octanol–water partition coefficient (Wildman–Crippen LogP) is 5.12. The van der Waals surface area contributed by atoms with Gasteiger partial charge in [0.05, 0.1) is 18.4 Å². The van der Waals surface area contributed by atoms with Crippen molar-refractivity contribution in [2.75, 3.05) is 6.61 Å². The summed E-state index contributed by atoms with van der Waals surface area (Å²) in [6.45, 7) is 1.50. The van der Waals surface area contributed by atoms with Gasteiger partial charge in [0.2, 0.25) is 11.7 Å². The van der Waals surface area contributed by atoms with Crippen LogP contribution in [-0.4, -0.2) is 37.6 Å². The minimum absolute atomic E-state index is 0.162. The molecule has 0 saturated carbocycles. The fourth-order valence-corrected chi connectivity index (χ4v) is 4.42. The molecule has 1 aliphatic heterocycles. The van der Waals surface area contributed by atoms with Gasteiger partial charge in [0.25, 0.3) is 0 Å². The highest BCUT2D eigenvalue weighted by atomic mass is 35.5. The van der Waals surface area contributed by atoms with Gasteiger partial charge in [0.15, 0.2) is 11.0 Å². The van der Waals surface area contributed by atoms with Crippen molar-refractivity contribution in [3.63, 3.8) is 0 Å². The van der Waals surface area contributed by atoms with Crippen LogP contribution in [0, 0.1) is 0 Å². The second-order valence-electron chi connectivity index (χ2n) is 7.23. The summed E-state index contributed by atoms with van der Waals surface area (Å²) in [5.41, 5.74) is 1.89. The molecule has 1 aliphatic rings. The highest BCUT2D eigenvalue weighted by Crippen LogP contribution is 2.29. The Morgan fingerprint density at radius 2 is 1.87 bits per heavy atom. The standard InChI is InChI=1S/C22H20ClN5O2S/c23-17-10-8-16(9-11-17)21-25-26-22(28(21)13-18-7-4-12-29-18)31-14-19-24-20(27-30-19)15-5-2-1-3-6-15/h1-3,5-6,8-11,18H,4,7,12-14H2/t18-/m1/s1. The second-order valence-corrected chi connectivity index (χ2v) is 8.60. The fourth-order valence-electron chi connectivity index (χ4n) is 3.51. The van der Waals surface area contributed by atoms with Crippen molar-refractivity contribution in [1.82, 2.24) is 24.9 Å². The maximum Gasteiger partial charge on any atom is 0.237 e. The van der Waals surface area contributed by atoms with E-state index in [1.54, 1.807) is 0 Å². The van der Waals surface area contributed by atoms with Crippen LogP contribution in [0.15, 0.2) is 64.3 Å². The van der Waals surface area contributed by atoms with Gasteiger partial charge in [-0.05, 0) is 37.1 Å². The first-order valence-corrected chi connectivity index (χ1v) is 11.4. The van der Waals surface area contributed by atoms with Gasteiger partial charge >= 0.3 is 0 Å². The number of halogens is 1. The van der Waals surface area contributed by atoms with Crippen LogP contribution >= 0.6 is 23.4 Å². The Hall–Kier alpha value is -2.68. The Labute approximate surface area is 188 Å². The van der Waals surface area contributed by atoms with Crippen molar-refractivity contribution >= 4 is 23.4 Å². The largest absolute Gasteiger partial charge is 0.376 e. The van der Waals surface area contributed by atoms with E-state index in [1.807, 2.05) is 54.6 Å². The summed E-state index contributed by atoms with van der Waals surface area (Å²) in [7, 11) is 0. The molecule has 2 aromatic carbocycles. The third-order valence-electron chi connectivity index (χ3n) is 5.05. The van der Waals surface area contributed by atoms with Gasteiger partial charge in [-0.15, -0.1) is 10.2 Å².